The topological polar surface area (TPSA) is 94.2 Å². The molecule has 1 amide bonds. The highest BCUT2D eigenvalue weighted by Gasteiger charge is 2.27. The van der Waals surface area contributed by atoms with E-state index in [4.69, 9.17) is 14.2 Å². The fraction of sp³-hybridized carbons (Fsp3) is 0.588. The SMILES string of the molecule is CCOC(=O)c1sc(NC(=O)CN2CCOCC2)c(C(=O)OCC)c1C. The van der Waals surface area contributed by atoms with Gasteiger partial charge in [0.15, 0.2) is 0 Å². The molecule has 1 aliphatic rings. The number of nitrogens with one attached hydrogen (secondary N) is 1. The van der Waals surface area contributed by atoms with E-state index in [0.717, 1.165) is 11.3 Å². The van der Waals surface area contributed by atoms with Crippen molar-refractivity contribution in [3.63, 3.8) is 0 Å². The van der Waals surface area contributed by atoms with Gasteiger partial charge in [-0.05, 0) is 26.3 Å². The molecule has 9 heteroatoms. The highest BCUT2D eigenvalue weighted by molar-refractivity contribution is 7.18. The minimum Gasteiger partial charge on any atom is -0.462 e. The number of carbonyl (C=O) groups is 3. The van der Waals surface area contributed by atoms with Crippen LogP contribution in [0.5, 0.6) is 0 Å². The van der Waals surface area contributed by atoms with Gasteiger partial charge in [0.2, 0.25) is 5.91 Å². The Balaban J connectivity index is 2.21. The standard InChI is InChI=1S/C17H24N2O6S/c1-4-24-16(21)13-11(3)14(17(22)25-5-2)26-15(13)18-12(20)10-19-6-8-23-9-7-19/h4-10H2,1-3H3,(H,18,20). The average molecular weight is 384 g/mol. The molecule has 0 spiro atoms. The van der Waals surface area contributed by atoms with E-state index in [1.165, 1.54) is 0 Å². The second-order valence-corrected chi connectivity index (χ2v) is 6.66. The number of morpholine rings is 1. The number of hydrogen-bond donors (Lipinski definition) is 1. The van der Waals surface area contributed by atoms with Gasteiger partial charge in [0.05, 0.1) is 38.5 Å². The van der Waals surface area contributed by atoms with Crippen molar-refractivity contribution in [1.29, 1.82) is 0 Å². The van der Waals surface area contributed by atoms with Gasteiger partial charge in [0, 0.05) is 13.1 Å². The van der Waals surface area contributed by atoms with Crippen LogP contribution in [0, 0.1) is 6.92 Å². The smallest absolute Gasteiger partial charge is 0.348 e. The van der Waals surface area contributed by atoms with Gasteiger partial charge in [-0.15, -0.1) is 11.3 Å². The van der Waals surface area contributed by atoms with Crippen LogP contribution in [0.15, 0.2) is 0 Å². The van der Waals surface area contributed by atoms with Gasteiger partial charge in [-0.1, -0.05) is 0 Å². The Morgan fingerprint density at radius 2 is 1.73 bits per heavy atom. The van der Waals surface area contributed by atoms with Gasteiger partial charge in [-0.25, -0.2) is 9.59 Å². The molecule has 1 saturated heterocycles. The van der Waals surface area contributed by atoms with Crippen molar-refractivity contribution in [1.82, 2.24) is 4.90 Å². The molecule has 2 rings (SSSR count). The molecule has 144 valence electrons. The molecule has 1 aromatic rings. The molecule has 8 nitrogen and oxygen atoms in total. The minimum atomic E-state index is -0.571. The van der Waals surface area contributed by atoms with Gasteiger partial charge < -0.3 is 19.5 Å². The summed E-state index contributed by atoms with van der Waals surface area (Å²) in [6, 6.07) is 0. The molecule has 0 saturated carbocycles. The number of ether oxygens (including phenoxy) is 3. The van der Waals surface area contributed by atoms with Crippen molar-refractivity contribution >= 4 is 34.2 Å². The van der Waals surface area contributed by atoms with Crippen LogP contribution in [0.4, 0.5) is 5.00 Å². The Kier molecular flexibility index (Phi) is 7.55. The number of nitrogens with zero attached hydrogens (tertiary/aromatic N) is 1. The zero-order valence-corrected chi connectivity index (χ0v) is 16.1. The molecule has 0 atom stereocenters. The lowest BCUT2D eigenvalue weighted by Gasteiger charge is -2.25. The molecule has 2 heterocycles. The highest BCUT2D eigenvalue weighted by Crippen LogP contribution is 2.34. The summed E-state index contributed by atoms with van der Waals surface area (Å²) >= 11 is 1.03. The lowest BCUT2D eigenvalue weighted by molar-refractivity contribution is -0.118. The van der Waals surface area contributed by atoms with E-state index in [0.29, 0.717) is 36.9 Å². The molecular formula is C17H24N2O6S. The third-order valence-corrected chi connectivity index (χ3v) is 5.00. The summed E-state index contributed by atoms with van der Waals surface area (Å²) in [5.74, 6) is -1.35. The lowest BCUT2D eigenvalue weighted by Crippen LogP contribution is -2.41. The number of esters is 2. The third kappa shape index (κ3) is 5.03. The summed E-state index contributed by atoms with van der Waals surface area (Å²) in [5, 5.41) is 3.05. The fourth-order valence-electron chi connectivity index (χ4n) is 2.57. The number of hydrogen-bond acceptors (Lipinski definition) is 8. The quantitative estimate of drug-likeness (QED) is 0.715. The first kappa shape index (κ1) is 20.3. The van der Waals surface area contributed by atoms with Crippen molar-refractivity contribution in [2.24, 2.45) is 0 Å². The van der Waals surface area contributed by atoms with Crippen molar-refractivity contribution < 1.29 is 28.6 Å². The van der Waals surface area contributed by atoms with Crippen LogP contribution in [0.2, 0.25) is 0 Å². The summed E-state index contributed by atoms with van der Waals surface area (Å²) in [6.45, 7) is 8.20. The van der Waals surface area contributed by atoms with Crippen LogP contribution in [0.3, 0.4) is 0 Å². The maximum absolute atomic E-state index is 12.4. The molecule has 26 heavy (non-hydrogen) atoms. The van der Waals surface area contributed by atoms with E-state index in [9.17, 15) is 14.4 Å². The van der Waals surface area contributed by atoms with E-state index in [-0.39, 0.29) is 36.1 Å². The number of anilines is 1. The third-order valence-electron chi connectivity index (χ3n) is 3.81. The van der Waals surface area contributed by atoms with Crippen LogP contribution in [0.1, 0.15) is 39.4 Å². The van der Waals surface area contributed by atoms with Gasteiger partial charge >= 0.3 is 11.9 Å². The molecule has 1 fully saturated rings. The van der Waals surface area contributed by atoms with Gasteiger partial charge in [0.1, 0.15) is 9.88 Å². The molecule has 0 radical (unpaired) electrons. The Bertz CT molecular complexity index is 666. The largest absolute Gasteiger partial charge is 0.462 e. The predicted octanol–water partition coefficient (Wildman–Crippen LogP) is 1.68. The Morgan fingerprint density at radius 3 is 2.35 bits per heavy atom. The molecule has 1 aliphatic heterocycles. The number of amides is 1. The van der Waals surface area contributed by atoms with Crippen molar-refractivity contribution in [2.75, 3.05) is 51.4 Å². The Hall–Kier alpha value is -1.97. The van der Waals surface area contributed by atoms with Crippen molar-refractivity contribution in [3.8, 4) is 0 Å². The van der Waals surface area contributed by atoms with Gasteiger partial charge in [-0.2, -0.15) is 0 Å². The predicted molar refractivity (Wildman–Crippen MR) is 96.9 cm³/mol. The fourth-order valence-corrected chi connectivity index (χ4v) is 3.68. The van der Waals surface area contributed by atoms with Gasteiger partial charge in [-0.3, -0.25) is 9.69 Å². The highest BCUT2D eigenvalue weighted by atomic mass is 32.1. The van der Waals surface area contributed by atoms with E-state index in [1.54, 1.807) is 20.8 Å². The first-order valence-corrected chi connectivity index (χ1v) is 9.37. The van der Waals surface area contributed by atoms with Crippen molar-refractivity contribution in [3.05, 3.63) is 16.0 Å². The van der Waals surface area contributed by atoms with Crippen LogP contribution >= 0.6 is 11.3 Å². The maximum Gasteiger partial charge on any atom is 0.348 e. The molecule has 0 aromatic carbocycles. The number of rotatable bonds is 7. The van der Waals surface area contributed by atoms with Gasteiger partial charge in [0.25, 0.3) is 0 Å². The second-order valence-electron chi connectivity index (χ2n) is 5.64. The summed E-state index contributed by atoms with van der Waals surface area (Å²) in [7, 11) is 0. The molecular weight excluding hydrogens is 360 g/mol. The average Bonchev–Trinajstić information content (AvgIpc) is 2.92. The first-order valence-electron chi connectivity index (χ1n) is 8.55. The van der Waals surface area contributed by atoms with E-state index >= 15 is 0 Å². The van der Waals surface area contributed by atoms with E-state index in [2.05, 4.69) is 5.32 Å². The number of carbonyl (C=O) groups excluding carboxylic acids is 3. The first-order chi connectivity index (χ1) is 12.5. The second kappa shape index (κ2) is 9.65. The minimum absolute atomic E-state index is 0.192. The van der Waals surface area contributed by atoms with Crippen LogP contribution < -0.4 is 5.32 Å². The molecule has 1 N–H and O–H groups in total. The Labute approximate surface area is 156 Å². The normalized spacial score (nSPS) is 14.7. The summed E-state index contributed by atoms with van der Waals surface area (Å²) in [6.07, 6.45) is 0. The Morgan fingerprint density at radius 1 is 1.12 bits per heavy atom. The molecule has 0 bridgehead atoms. The molecule has 0 unspecified atom stereocenters. The zero-order chi connectivity index (χ0) is 19.1. The summed E-state index contributed by atoms with van der Waals surface area (Å²) in [4.78, 5) is 39.1. The van der Waals surface area contributed by atoms with Crippen molar-refractivity contribution in [2.45, 2.75) is 20.8 Å². The lowest BCUT2D eigenvalue weighted by atomic mass is 10.1. The monoisotopic (exact) mass is 384 g/mol. The molecule has 1 aromatic heterocycles. The van der Waals surface area contributed by atoms with E-state index in [1.807, 2.05) is 4.90 Å². The van der Waals surface area contributed by atoms with Crippen LogP contribution in [-0.4, -0.2) is 68.8 Å². The van der Waals surface area contributed by atoms with E-state index < -0.39 is 11.9 Å². The summed E-state index contributed by atoms with van der Waals surface area (Å²) in [5.41, 5.74) is 0.656. The molecule has 0 aliphatic carbocycles. The maximum atomic E-state index is 12.4. The zero-order valence-electron chi connectivity index (χ0n) is 15.3. The van der Waals surface area contributed by atoms with Crippen LogP contribution in [-0.2, 0) is 19.0 Å². The van der Waals surface area contributed by atoms with Crippen LogP contribution in [0.25, 0.3) is 0 Å². The number of thiophene rings is 1. The summed E-state index contributed by atoms with van der Waals surface area (Å²) < 4.78 is 15.4.